The fourth-order valence-corrected chi connectivity index (χ4v) is 2.18. The number of nitrogens with one attached hydrogen (secondary N) is 2. The smallest absolute Gasteiger partial charge is 0.262 e. The molecule has 3 aromatic heterocycles. The molecule has 0 atom stereocenters. The molecule has 1 amide bonds. The van der Waals surface area contributed by atoms with E-state index in [1.165, 1.54) is 0 Å². The Morgan fingerprint density at radius 1 is 1.35 bits per heavy atom. The Morgan fingerprint density at radius 2 is 2.22 bits per heavy atom. The maximum absolute atomic E-state index is 12.2. The molecule has 6 nitrogen and oxygen atoms in total. The van der Waals surface area contributed by atoms with Crippen molar-refractivity contribution < 1.29 is 4.79 Å². The zero-order valence-corrected chi connectivity index (χ0v) is 12.2. The number of aromatic amines is 1. The second kappa shape index (κ2) is 6.54. The summed E-state index contributed by atoms with van der Waals surface area (Å²) in [7, 11) is 0. The Morgan fingerprint density at radius 3 is 3.00 bits per heavy atom. The lowest BCUT2D eigenvalue weighted by atomic mass is 10.1. The van der Waals surface area contributed by atoms with E-state index in [1.807, 2.05) is 24.3 Å². The predicted octanol–water partition coefficient (Wildman–Crippen LogP) is 2.18. The minimum Gasteiger partial charge on any atom is -0.347 e. The number of hydrogen-bond donors (Lipinski definition) is 2. The standard InChI is InChI=1S/C17H13N5O/c18-8-13(17(23)22-10-12-3-1-5-19-9-12)7-14-11-21-16-15(14)4-2-6-20-16/h1-7,9,11H,10H2,(H,20,21)(H,22,23)/b13-7+. The molecular weight excluding hydrogens is 290 g/mol. The summed E-state index contributed by atoms with van der Waals surface area (Å²) in [5, 5.41) is 12.8. The number of hydrogen-bond acceptors (Lipinski definition) is 4. The molecular formula is C17H13N5O. The number of rotatable bonds is 4. The third-order valence-corrected chi connectivity index (χ3v) is 3.32. The number of carbonyl (C=O) groups excluding carboxylic acids is 1. The van der Waals surface area contributed by atoms with Gasteiger partial charge in [0.05, 0.1) is 0 Å². The van der Waals surface area contributed by atoms with Crippen LogP contribution in [0.5, 0.6) is 0 Å². The van der Waals surface area contributed by atoms with Gasteiger partial charge in [0.25, 0.3) is 5.91 Å². The van der Waals surface area contributed by atoms with Crippen molar-refractivity contribution in [2.24, 2.45) is 0 Å². The topological polar surface area (TPSA) is 94.5 Å². The van der Waals surface area contributed by atoms with Crippen LogP contribution < -0.4 is 5.32 Å². The first-order valence-corrected chi connectivity index (χ1v) is 6.99. The summed E-state index contributed by atoms with van der Waals surface area (Å²) >= 11 is 0. The summed E-state index contributed by atoms with van der Waals surface area (Å²) in [5.41, 5.74) is 2.38. The van der Waals surface area contributed by atoms with Crippen LogP contribution in [0.4, 0.5) is 0 Å². The zero-order valence-electron chi connectivity index (χ0n) is 12.2. The van der Waals surface area contributed by atoms with Crippen LogP contribution in [0.1, 0.15) is 11.1 Å². The van der Waals surface area contributed by atoms with E-state index in [0.717, 1.165) is 16.5 Å². The Hall–Kier alpha value is -3.46. The maximum atomic E-state index is 12.2. The maximum Gasteiger partial charge on any atom is 0.262 e. The van der Waals surface area contributed by atoms with E-state index in [1.54, 1.807) is 36.9 Å². The van der Waals surface area contributed by atoms with Gasteiger partial charge >= 0.3 is 0 Å². The molecule has 112 valence electrons. The van der Waals surface area contributed by atoms with Crippen molar-refractivity contribution in [3.8, 4) is 6.07 Å². The molecule has 0 aliphatic rings. The van der Waals surface area contributed by atoms with E-state index in [4.69, 9.17) is 0 Å². The van der Waals surface area contributed by atoms with E-state index >= 15 is 0 Å². The largest absolute Gasteiger partial charge is 0.347 e. The average Bonchev–Trinajstić information content (AvgIpc) is 3.01. The molecule has 3 rings (SSSR count). The second-order valence-corrected chi connectivity index (χ2v) is 4.86. The van der Waals surface area contributed by atoms with Gasteiger partial charge in [0, 0.05) is 42.3 Å². The number of carbonyl (C=O) groups is 1. The van der Waals surface area contributed by atoms with Gasteiger partial charge in [-0.2, -0.15) is 5.26 Å². The first-order chi connectivity index (χ1) is 11.3. The molecule has 3 aromatic rings. The highest BCUT2D eigenvalue weighted by atomic mass is 16.1. The van der Waals surface area contributed by atoms with Gasteiger partial charge in [0.2, 0.25) is 0 Å². The van der Waals surface area contributed by atoms with E-state index < -0.39 is 5.91 Å². The Balaban J connectivity index is 1.79. The summed E-state index contributed by atoms with van der Waals surface area (Å²) in [5.74, 6) is -0.422. The van der Waals surface area contributed by atoms with Crippen LogP contribution in [0, 0.1) is 11.3 Å². The fraction of sp³-hybridized carbons (Fsp3) is 0.0588. The summed E-state index contributed by atoms with van der Waals surface area (Å²) in [6.45, 7) is 0.321. The third kappa shape index (κ3) is 3.24. The molecule has 0 radical (unpaired) electrons. The van der Waals surface area contributed by atoms with Gasteiger partial charge in [-0.15, -0.1) is 0 Å². The van der Waals surface area contributed by atoms with Crippen molar-refractivity contribution in [3.63, 3.8) is 0 Å². The van der Waals surface area contributed by atoms with Crippen molar-refractivity contribution in [2.45, 2.75) is 6.54 Å². The van der Waals surface area contributed by atoms with Gasteiger partial charge in [-0.05, 0) is 29.8 Å². The molecule has 0 saturated heterocycles. The number of nitriles is 1. The van der Waals surface area contributed by atoms with E-state index in [2.05, 4.69) is 20.3 Å². The average molecular weight is 303 g/mol. The molecule has 3 heterocycles. The van der Waals surface area contributed by atoms with Crippen molar-refractivity contribution >= 4 is 23.0 Å². The SMILES string of the molecule is N#C/C(=C\c1c[nH]c2ncccc12)C(=O)NCc1cccnc1. The highest BCUT2D eigenvalue weighted by molar-refractivity contribution is 6.03. The number of fused-ring (bicyclic) bond motifs is 1. The van der Waals surface area contributed by atoms with Gasteiger partial charge in [0.15, 0.2) is 0 Å². The van der Waals surface area contributed by atoms with Gasteiger partial charge < -0.3 is 10.3 Å². The molecule has 0 aromatic carbocycles. The monoisotopic (exact) mass is 303 g/mol. The lowest BCUT2D eigenvalue weighted by Crippen LogP contribution is -2.23. The Labute approximate surface area is 132 Å². The number of H-pyrrole nitrogens is 1. The molecule has 0 unspecified atom stereocenters. The minimum absolute atomic E-state index is 0.0404. The molecule has 0 saturated carbocycles. The van der Waals surface area contributed by atoms with E-state index in [9.17, 15) is 10.1 Å². The van der Waals surface area contributed by atoms with Crippen LogP contribution in [0.2, 0.25) is 0 Å². The van der Waals surface area contributed by atoms with Crippen LogP contribution >= 0.6 is 0 Å². The van der Waals surface area contributed by atoms with E-state index in [0.29, 0.717) is 12.2 Å². The highest BCUT2D eigenvalue weighted by Gasteiger charge is 2.10. The Bertz CT molecular complexity index is 905. The van der Waals surface area contributed by atoms with E-state index in [-0.39, 0.29) is 5.57 Å². The number of pyridine rings is 2. The predicted molar refractivity (Wildman–Crippen MR) is 85.8 cm³/mol. The fourth-order valence-electron chi connectivity index (χ4n) is 2.18. The normalized spacial score (nSPS) is 11.2. The summed E-state index contributed by atoms with van der Waals surface area (Å²) < 4.78 is 0. The lowest BCUT2D eigenvalue weighted by Gasteiger charge is -2.03. The number of amides is 1. The van der Waals surface area contributed by atoms with Crippen LogP contribution in [0.15, 0.2) is 54.6 Å². The van der Waals surface area contributed by atoms with Crippen LogP contribution in [-0.4, -0.2) is 20.9 Å². The third-order valence-electron chi connectivity index (χ3n) is 3.32. The van der Waals surface area contributed by atoms with Gasteiger partial charge in [-0.25, -0.2) is 4.98 Å². The van der Waals surface area contributed by atoms with Gasteiger partial charge in [-0.1, -0.05) is 6.07 Å². The highest BCUT2D eigenvalue weighted by Crippen LogP contribution is 2.18. The van der Waals surface area contributed by atoms with Crippen molar-refractivity contribution in [1.29, 1.82) is 5.26 Å². The van der Waals surface area contributed by atoms with Crippen LogP contribution in [-0.2, 0) is 11.3 Å². The zero-order chi connectivity index (χ0) is 16.1. The van der Waals surface area contributed by atoms with Crippen molar-refractivity contribution in [2.75, 3.05) is 0 Å². The van der Waals surface area contributed by atoms with Crippen molar-refractivity contribution in [1.82, 2.24) is 20.3 Å². The van der Waals surface area contributed by atoms with Crippen molar-refractivity contribution in [3.05, 3.63) is 65.8 Å². The van der Waals surface area contributed by atoms with Gasteiger partial charge in [-0.3, -0.25) is 9.78 Å². The Kier molecular flexibility index (Phi) is 4.11. The summed E-state index contributed by atoms with van der Waals surface area (Å²) in [4.78, 5) is 23.3. The van der Waals surface area contributed by atoms with Crippen LogP contribution in [0.25, 0.3) is 17.1 Å². The molecule has 23 heavy (non-hydrogen) atoms. The quantitative estimate of drug-likeness (QED) is 0.570. The summed E-state index contributed by atoms with van der Waals surface area (Å²) in [6, 6.07) is 9.28. The minimum atomic E-state index is -0.422. The molecule has 0 fully saturated rings. The summed E-state index contributed by atoms with van der Waals surface area (Å²) in [6.07, 6.45) is 8.29. The lowest BCUT2D eigenvalue weighted by molar-refractivity contribution is -0.117. The molecule has 2 N–H and O–H groups in total. The molecule has 0 aliphatic carbocycles. The molecule has 0 spiro atoms. The van der Waals surface area contributed by atoms with Crippen LogP contribution in [0.3, 0.4) is 0 Å². The first kappa shape index (κ1) is 14.5. The van der Waals surface area contributed by atoms with Gasteiger partial charge in [0.1, 0.15) is 17.3 Å². The molecule has 6 heteroatoms. The number of aromatic nitrogens is 3. The second-order valence-electron chi connectivity index (χ2n) is 4.86. The molecule has 0 bridgehead atoms. The number of nitrogens with zero attached hydrogens (tertiary/aromatic N) is 3. The molecule has 0 aliphatic heterocycles. The first-order valence-electron chi connectivity index (χ1n) is 6.99.